The second-order valence-corrected chi connectivity index (χ2v) is 10.3. The van der Waals surface area contributed by atoms with Gasteiger partial charge in [0.25, 0.3) is 0 Å². The quantitative estimate of drug-likeness (QED) is 0.615. The Bertz CT molecular complexity index is 875. The Morgan fingerprint density at radius 2 is 1.90 bits per heavy atom. The zero-order chi connectivity index (χ0) is 20.7. The van der Waals surface area contributed by atoms with Crippen molar-refractivity contribution in [2.24, 2.45) is 23.2 Å². The van der Waals surface area contributed by atoms with Crippen LogP contribution < -0.4 is 4.74 Å². The summed E-state index contributed by atoms with van der Waals surface area (Å²) in [4.78, 5) is 0. The van der Waals surface area contributed by atoms with Gasteiger partial charge in [-0.15, -0.1) is 0 Å². The van der Waals surface area contributed by atoms with E-state index in [0.29, 0.717) is 18.4 Å². The molecule has 0 spiro atoms. The number of aliphatic hydroxyl groups excluding tert-OH is 1. The zero-order valence-electron chi connectivity index (χ0n) is 18.5. The fourth-order valence-corrected chi connectivity index (χ4v) is 7.22. The summed E-state index contributed by atoms with van der Waals surface area (Å²) in [5, 5.41) is 10.8. The van der Waals surface area contributed by atoms with Gasteiger partial charge in [0.2, 0.25) is 0 Å². The molecule has 0 heterocycles. The van der Waals surface area contributed by atoms with Crippen LogP contribution >= 0.6 is 0 Å². The van der Waals surface area contributed by atoms with Crippen LogP contribution in [0.4, 0.5) is 0 Å². The van der Waals surface area contributed by atoms with Gasteiger partial charge >= 0.3 is 0 Å². The maximum absolute atomic E-state index is 10.8. The van der Waals surface area contributed by atoms with Crippen LogP contribution in [0.25, 0.3) is 0 Å². The molecule has 2 aromatic carbocycles. The van der Waals surface area contributed by atoms with E-state index in [-0.39, 0.29) is 11.5 Å². The third-order valence-corrected chi connectivity index (χ3v) is 8.73. The van der Waals surface area contributed by atoms with Crippen molar-refractivity contribution in [1.29, 1.82) is 0 Å². The highest BCUT2D eigenvalue weighted by atomic mass is 16.5. The van der Waals surface area contributed by atoms with Crippen molar-refractivity contribution in [2.45, 2.75) is 77.4 Å². The fourth-order valence-electron chi connectivity index (χ4n) is 7.22. The summed E-state index contributed by atoms with van der Waals surface area (Å²) in [6.45, 7) is 5.34. The molecule has 0 aliphatic heterocycles. The molecule has 2 nitrogen and oxygen atoms in total. The number of benzene rings is 2. The lowest BCUT2D eigenvalue weighted by molar-refractivity contribution is -0.0394. The van der Waals surface area contributed by atoms with E-state index >= 15 is 0 Å². The van der Waals surface area contributed by atoms with Crippen molar-refractivity contribution in [3.8, 4) is 5.75 Å². The molecule has 2 heteroatoms. The van der Waals surface area contributed by atoms with E-state index in [4.69, 9.17) is 4.74 Å². The number of fused-ring (bicyclic) bond motifs is 5. The molecule has 1 N–H and O–H groups in total. The molecule has 5 rings (SSSR count). The average molecular weight is 405 g/mol. The molecular formula is C28H36O2. The molecular weight excluding hydrogens is 368 g/mol. The monoisotopic (exact) mass is 404 g/mol. The van der Waals surface area contributed by atoms with Crippen LogP contribution in [0.3, 0.4) is 0 Å². The first-order chi connectivity index (χ1) is 14.6. The number of rotatable bonds is 5. The molecule has 3 aliphatic rings. The van der Waals surface area contributed by atoms with Crippen molar-refractivity contribution in [1.82, 2.24) is 0 Å². The second kappa shape index (κ2) is 8.04. The first-order valence-electron chi connectivity index (χ1n) is 12.1. The highest BCUT2D eigenvalue weighted by Crippen LogP contribution is 2.62. The summed E-state index contributed by atoms with van der Waals surface area (Å²) in [6, 6.07) is 17.3. The Labute approximate surface area is 181 Å². The van der Waals surface area contributed by atoms with Gasteiger partial charge in [0, 0.05) is 0 Å². The lowest BCUT2D eigenvalue weighted by atomic mass is 9.52. The smallest absolute Gasteiger partial charge is 0.120 e. The third kappa shape index (κ3) is 3.38. The molecule has 6 atom stereocenters. The van der Waals surface area contributed by atoms with E-state index in [1.807, 2.05) is 6.07 Å². The Morgan fingerprint density at radius 3 is 2.70 bits per heavy atom. The van der Waals surface area contributed by atoms with E-state index < -0.39 is 0 Å². The molecule has 6 unspecified atom stereocenters. The van der Waals surface area contributed by atoms with Crippen LogP contribution in [0.1, 0.15) is 75.0 Å². The van der Waals surface area contributed by atoms with Gasteiger partial charge < -0.3 is 9.84 Å². The van der Waals surface area contributed by atoms with Crippen molar-refractivity contribution in [3.05, 3.63) is 65.2 Å². The Balaban J connectivity index is 1.41. The minimum Gasteiger partial charge on any atom is -0.489 e. The molecule has 2 fully saturated rings. The first kappa shape index (κ1) is 20.1. The lowest BCUT2D eigenvalue weighted by Crippen LogP contribution is -2.47. The number of ether oxygens (including phenoxy) is 1. The average Bonchev–Trinajstić information content (AvgIpc) is 3.07. The van der Waals surface area contributed by atoms with Gasteiger partial charge in [0.1, 0.15) is 12.4 Å². The molecule has 0 radical (unpaired) electrons. The number of aliphatic hydroxyl groups is 1. The van der Waals surface area contributed by atoms with Crippen LogP contribution in [0.5, 0.6) is 5.75 Å². The van der Waals surface area contributed by atoms with Gasteiger partial charge in [-0.05, 0) is 90.0 Å². The molecule has 0 bridgehead atoms. The summed E-state index contributed by atoms with van der Waals surface area (Å²) in [7, 11) is 0. The highest BCUT2D eigenvalue weighted by molar-refractivity contribution is 5.41. The van der Waals surface area contributed by atoms with E-state index in [1.165, 1.54) is 49.7 Å². The van der Waals surface area contributed by atoms with Gasteiger partial charge in [0.15, 0.2) is 0 Å². The molecule has 3 aliphatic carbocycles. The van der Waals surface area contributed by atoms with Crippen molar-refractivity contribution in [2.75, 3.05) is 0 Å². The van der Waals surface area contributed by atoms with Gasteiger partial charge in [-0.2, -0.15) is 0 Å². The van der Waals surface area contributed by atoms with Gasteiger partial charge in [-0.1, -0.05) is 63.1 Å². The minimum absolute atomic E-state index is 0.0964. The molecule has 0 saturated heterocycles. The SMILES string of the molecule is CCCC1Cc2cc(OCc3ccccc3)ccc2C2CCC3(C)C(O)CCC3C12. The third-order valence-electron chi connectivity index (χ3n) is 8.73. The van der Waals surface area contributed by atoms with E-state index in [2.05, 4.69) is 56.3 Å². The van der Waals surface area contributed by atoms with E-state index in [1.54, 1.807) is 5.56 Å². The predicted molar refractivity (Wildman–Crippen MR) is 122 cm³/mol. The topological polar surface area (TPSA) is 29.5 Å². The van der Waals surface area contributed by atoms with Gasteiger partial charge in [-0.3, -0.25) is 0 Å². The Morgan fingerprint density at radius 1 is 1.07 bits per heavy atom. The molecule has 30 heavy (non-hydrogen) atoms. The minimum atomic E-state index is -0.0964. The lowest BCUT2D eigenvalue weighted by Gasteiger charge is -2.53. The first-order valence-corrected chi connectivity index (χ1v) is 12.1. The summed E-state index contributed by atoms with van der Waals surface area (Å²) >= 11 is 0. The van der Waals surface area contributed by atoms with Crippen molar-refractivity contribution >= 4 is 0 Å². The second-order valence-electron chi connectivity index (χ2n) is 10.3. The van der Waals surface area contributed by atoms with E-state index in [0.717, 1.165) is 24.0 Å². The molecule has 2 aromatic rings. The standard InChI is InChI=1S/C28H36O2/c1-3-7-20-16-21-17-22(30-18-19-8-5-4-6-9-19)10-11-23(21)24-14-15-28(2)25(27(20)24)12-13-26(28)29/h4-6,8-11,17,20,24-27,29H,3,7,12-16,18H2,1-2H3. The summed E-state index contributed by atoms with van der Waals surface area (Å²) in [5.74, 6) is 3.83. The van der Waals surface area contributed by atoms with Crippen molar-refractivity contribution < 1.29 is 9.84 Å². The molecule has 2 saturated carbocycles. The van der Waals surface area contributed by atoms with Crippen LogP contribution in [-0.2, 0) is 13.0 Å². The number of hydrogen-bond donors (Lipinski definition) is 1. The predicted octanol–water partition coefficient (Wildman–Crippen LogP) is 6.51. The number of hydrogen-bond acceptors (Lipinski definition) is 2. The van der Waals surface area contributed by atoms with E-state index in [9.17, 15) is 5.11 Å². The van der Waals surface area contributed by atoms with Crippen molar-refractivity contribution in [3.63, 3.8) is 0 Å². The fraction of sp³-hybridized carbons (Fsp3) is 0.571. The van der Waals surface area contributed by atoms with Crippen LogP contribution in [0.2, 0.25) is 0 Å². The summed E-state index contributed by atoms with van der Waals surface area (Å²) in [5.41, 5.74) is 4.44. The molecule has 0 aromatic heterocycles. The maximum Gasteiger partial charge on any atom is 0.120 e. The van der Waals surface area contributed by atoms with Gasteiger partial charge in [0.05, 0.1) is 6.10 Å². The molecule has 0 amide bonds. The zero-order valence-corrected chi connectivity index (χ0v) is 18.5. The Hall–Kier alpha value is -1.80. The van der Waals surface area contributed by atoms with Crippen LogP contribution in [0.15, 0.2) is 48.5 Å². The van der Waals surface area contributed by atoms with Gasteiger partial charge in [-0.25, -0.2) is 0 Å². The van der Waals surface area contributed by atoms with Crippen LogP contribution in [-0.4, -0.2) is 11.2 Å². The highest BCUT2D eigenvalue weighted by Gasteiger charge is 2.56. The molecule has 160 valence electrons. The normalized spacial score (nSPS) is 34.7. The maximum atomic E-state index is 10.8. The van der Waals surface area contributed by atoms with Crippen LogP contribution in [0, 0.1) is 23.2 Å². The Kier molecular flexibility index (Phi) is 5.39. The summed E-state index contributed by atoms with van der Waals surface area (Å²) < 4.78 is 6.16. The largest absolute Gasteiger partial charge is 0.489 e. The summed E-state index contributed by atoms with van der Waals surface area (Å²) in [6.07, 6.45) is 8.25.